The Hall–Kier alpha value is -0.720. The molecule has 0 radical (unpaired) electrons. The zero-order valence-corrected chi connectivity index (χ0v) is 5.72. The first-order valence-electron chi connectivity index (χ1n) is 3.30. The SMILES string of the molecule is CC1=CCC/C(=C\O)C1. The summed E-state index contributed by atoms with van der Waals surface area (Å²) in [6.45, 7) is 2.10. The Morgan fingerprint density at radius 3 is 2.89 bits per heavy atom. The Balaban J connectivity index is 2.59. The summed E-state index contributed by atoms with van der Waals surface area (Å²) in [5, 5.41) is 8.62. The molecule has 0 fully saturated rings. The first-order chi connectivity index (χ1) is 4.33. The predicted octanol–water partition coefficient (Wildman–Crippen LogP) is 2.56. The van der Waals surface area contributed by atoms with Crippen LogP contribution in [0.5, 0.6) is 0 Å². The highest BCUT2D eigenvalue weighted by Gasteiger charge is 2.03. The smallest absolute Gasteiger partial charge is 0.0786 e. The van der Waals surface area contributed by atoms with Gasteiger partial charge in [-0.1, -0.05) is 11.6 Å². The van der Waals surface area contributed by atoms with Crippen LogP contribution in [0.3, 0.4) is 0 Å². The van der Waals surface area contributed by atoms with Crippen molar-refractivity contribution in [3.05, 3.63) is 23.5 Å². The Morgan fingerprint density at radius 2 is 2.44 bits per heavy atom. The van der Waals surface area contributed by atoms with Gasteiger partial charge in [0.05, 0.1) is 6.26 Å². The molecule has 1 nitrogen and oxygen atoms in total. The van der Waals surface area contributed by atoms with Crippen molar-refractivity contribution in [1.82, 2.24) is 0 Å². The molecular weight excluding hydrogens is 112 g/mol. The molecule has 0 aromatic rings. The summed E-state index contributed by atoms with van der Waals surface area (Å²) in [5.41, 5.74) is 2.54. The Labute approximate surface area is 55.7 Å². The van der Waals surface area contributed by atoms with Gasteiger partial charge in [0.25, 0.3) is 0 Å². The van der Waals surface area contributed by atoms with Gasteiger partial charge in [-0.05, 0) is 31.8 Å². The van der Waals surface area contributed by atoms with Crippen LogP contribution in [-0.2, 0) is 0 Å². The number of allylic oxidation sites excluding steroid dienone is 3. The van der Waals surface area contributed by atoms with Gasteiger partial charge in [0.1, 0.15) is 0 Å². The first kappa shape index (κ1) is 6.40. The number of rotatable bonds is 0. The fourth-order valence-corrected chi connectivity index (χ4v) is 1.13. The lowest BCUT2D eigenvalue weighted by atomic mass is 9.96. The standard InChI is InChI=1S/C8H12O/c1-7-3-2-4-8(5-7)6-9/h3,6,9H,2,4-5H2,1H3/b8-6+. The second kappa shape index (κ2) is 2.72. The maximum Gasteiger partial charge on any atom is 0.0786 e. The summed E-state index contributed by atoms with van der Waals surface area (Å²) in [4.78, 5) is 0. The van der Waals surface area contributed by atoms with Gasteiger partial charge in [0, 0.05) is 0 Å². The van der Waals surface area contributed by atoms with E-state index in [1.54, 1.807) is 0 Å². The van der Waals surface area contributed by atoms with Crippen molar-refractivity contribution in [2.75, 3.05) is 0 Å². The second-order valence-electron chi connectivity index (χ2n) is 2.55. The van der Waals surface area contributed by atoms with E-state index >= 15 is 0 Å². The highest BCUT2D eigenvalue weighted by atomic mass is 16.2. The maximum atomic E-state index is 8.62. The third kappa shape index (κ3) is 1.60. The summed E-state index contributed by atoms with van der Waals surface area (Å²) in [6.07, 6.45) is 6.58. The molecule has 50 valence electrons. The molecule has 0 aromatic carbocycles. The molecule has 0 saturated carbocycles. The number of hydrogen-bond acceptors (Lipinski definition) is 1. The molecule has 0 atom stereocenters. The van der Waals surface area contributed by atoms with E-state index in [4.69, 9.17) is 5.11 Å². The predicted molar refractivity (Wildman–Crippen MR) is 38.3 cm³/mol. The van der Waals surface area contributed by atoms with Crippen LogP contribution in [-0.4, -0.2) is 5.11 Å². The fourth-order valence-electron chi connectivity index (χ4n) is 1.13. The summed E-state index contributed by atoms with van der Waals surface area (Å²) < 4.78 is 0. The summed E-state index contributed by atoms with van der Waals surface area (Å²) in [7, 11) is 0. The van der Waals surface area contributed by atoms with Crippen LogP contribution in [0.15, 0.2) is 23.5 Å². The van der Waals surface area contributed by atoms with Gasteiger partial charge in [0.2, 0.25) is 0 Å². The number of aliphatic hydroxyl groups excluding tert-OH is 1. The third-order valence-electron chi connectivity index (χ3n) is 1.65. The molecule has 0 aliphatic heterocycles. The molecule has 0 bridgehead atoms. The summed E-state index contributed by atoms with van der Waals surface area (Å²) in [6, 6.07) is 0. The topological polar surface area (TPSA) is 20.2 Å². The Morgan fingerprint density at radius 1 is 1.67 bits per heavy atom. The van der Waals surface area contributed by atoms with Gasteiger partial charge in [-0.3, -0.25) is 0 Å². The quantitative estimate of drug-likeness (QED) is 0.388. The normalized spacial score (nSPS) is 24.1. The van der Waals surface area contributed by atoms with Crippen molar-refractivity contribution >= 4 is 0 Å². The van der Waals surface area contributed by atoms with Crippen LogP contribution in [0.25, 0.3) is 0 Å². The van der Waals surface area contributed by atoms with Gasteiger partial charge in [-0.25, -0.2) is 0 Å². The molecule has 1 heteroatoms. The van der Waals surface area contributed by atoms with E-state index in [0.29, 0.717) is 0 Å². The first-order valence-corrected chi connectivity index (χ1v) is 3.30. The minimum Gasteiger partial charge on any atom is -0.516 e. The molecule has 0 aromatic heterocycles. The van der Waals surface area contributed by atoms with Crippen molar-refractivity contribution in [2.24, 2.45) is 0 Å². The van der Waals surface area contributed by atoms with E-state index in [1.165, 1.54) is 11.8 Å². The van der Waals surface area contributed by atoms with E-state index in [-0.39, 0.29) is 0 Å². The van der Waals surface area contributed by atoms with Crippen molar-refractivity contribution in [3.8, 4) is 0 Å². The average Bonchev–Trinajstić information content (AvgIpc) is 1.88. The second-order valence-corrected chi connectivity index (χ2v) is 2.55. The minimum absolute atomic E-state index is 0.969. The van der Waals surface area contributed by atoms with Gasteiger partial charge in [0.15, 0.2) is 0 Å². The van der Waals surface area contributed by atoms with Crippen LogP contribution in [0.2, 0.25) is 0 Å². The molecule has 0 saturated heterocycles. The van der Waals surface area contributed by atoms with Crippen LogP contribution in [0.1, 0.15) is 26.2 Å². The van der Waals surface area contributed by atoms with Gasteiger partial charge in [-0.15, -0.1) is 0 Å². The largest absolute Gasteiger partial charge is 0.516 e. The average molecular weight is 124 g/mol. The lowest BCUT2D eigenvalue weighted by Gasteiger charge is -2.10. The van der Waals surface area contributed by atoms with Crippen LogP contribution in [0, 0.1) is 0 Å². The number of hydrogen-bond donors (Lipinski definition) is 1. The summed E-state index contributed by atoms with van der Waals surface area (Å²) >= 11 is 0. The molecule has 0 heterocycles. The Kier molecular flexibility index (Phi) is 1.93. The van der Waals surface area contributed by atoms with Gasteiger partial charge >= 0.3 is 0 Å². The molecule has 1 aliphatic rings. The van der Waals surface area contributed by atoms with E-state index < -0.39 is 0 Å². The molecule has 0 spiro atoms. The lowest BCUT2D eigenvalue weighted by Crippen LogP contribution is -1.91. The lowest BCUT2D eigenvalue weighted by molar-refractivity contribution is 0.461. The molecular formula is C8H12O. The van der Waals surface area contributed by atoms with Crippen LogP contribution in [0.4, 0.5) is 0 Å². The van der Waals surface area contributed by atoms with E-state index in [9.17, 15) is 0 Å². The Bertz CT molecular complexity index is 154. The molecule has 9 heavy (non-hydrogen) atoms. The highest BCUT2D eigenvalue weighted by molar-refractivity contribution is 5.17. The molecule has 1 aliphatic carbocycles. The molecule has 0 unspecified atom stereocenters. The van der Waals surface area contributed by atoms with E-state index in [0.717, 1.165) is 24.8 Å². The van der Waals surface area contributed by atoms with E-state index in [1.807, 2.05) is 0 Å². The minimum atomic E-state index is 0.969. The zero-order valence-electron chi connectivity index (χ0n) is 5.72. The maximum absolute atomic E-state index is 8.62. The molecule has 0 amide bonds. The van der Waals surface area contributed by atoms with Crippen molar-refractivity contribution in [1.29, 1.82) is 0 Å². The highest BCUT2D eigenvalue weighted by Crippen LogP contribution is 2.21. The van der Waals surface area contributed by atoms with Crippen LogP contribution >= 0.6 is 0 Å². The monoisotopic (exact) mass is 124 g/mol. The fraction of sp³-hybridized carbons (Fsp3) is 0.500. The third-order valence-corrected chi connectivity index (χ3v) is 1.65. The molecule has 1 rings (SSSR count). The zero-order chi connectivity index (χ0) is 6.69. The molecule has 1 N–H and O–H groups in total. The van der Waals surface area contributed by atoms with Crippen LogP contribution < -0.4 is 0 Å². The number of aliphatic hydroxyl groups is 1. The van der Waals surface area contributed by atoms with E-state index in [2.05, 4.69) is 13.0 Å². The van der Waals surface area contributed by atoms with Crippen molar-refractivity contribution in [3.63, 3.8) is 0 Å². The van der Waals surface area contributed by atoms with Gasteiger partial charge in [-0.2, -0.15) is 0 Å². The van der Waals surface area contributed by atoms with Crippen molar-refractivity contribution in [2.45, 2.75) is 26.2 Å². The summed E-state index contributed by atoms with van der Waals surface area (Å²) in [5.74, 6) is 0. The van der Waals surface area contributed by atoms with Gasteiger partial charge < -0.3 is 5.11 Å². The van der Waals surface area contributed by atoms with Crippen molar-refractivity contribution < 1.29 is 5.11 Å².